The van der Waals surface area contributed by atoms with Crippen LogP contribution >= 0.6 is 0 Å². The Morgan fingerprint density at radius 1 is 0.962 bits per heavy atom. The summed E-state index contributed by atoms with van der Waals surface area (Å²) in [6.45, 7) is 4.40. The minimum absolute atomic E-state index is 0.0275. The molecule has 13 heteroatoms. The van der Waals surface area contributed by atoms with Gasteiger partial charge in [0.2, 0.25) is 27.7 Å². The van der Waals surface area contributed by atoms with Crippen molar-refractivity contribution in [1.82, 2.24) is 19.6 Å². The van der Waals surface area contributed by atoms with Crippen molar-refractivity contribution in [3.05, 3.63) is 59.8 Å². The van der Waals surface area contributed by atoms with E-state index in [1.807, 2.05) is 50.2 Å². The summed E-state index contributed by atoms with van der Waals surface area (Å²) in [4.78, 5) is 50.4. The number of hydrogen-bond acceptors (Lipinski definition) is 9. The van der Waals surface area contributed by atoms with Gasteiger partial charge in [-0.1, -0.05) is 24.6 Å². The number of unbranched alkanes of at least 4 members (excludes halogenated alkanes) is 2. The van der Waals surface area contributed by atoms with Gasteiger partial charge in [-0.2, -0.15) is 0 Å². The van der Waals surface area contributed by atoms with Crippen LogP contribution in [0.3, 0.4) is 0 Å². The van der Waals surface area contributed by atoms with Crippen molar-refractivity contribution in [2.45, 2.75) is 89.4 Å². The predicted molar refractivity (Wildman–Crippen MR) is 202 cm³/mol. The van der Waals surface area contributed by atoms with Gasteiger partial charge < -0.3 is 20.1 Å². The van der Waals surface area contributed by atoms with Crippen molar-refractivity contribution in [2.24, 2.45) is 29.4 Å². The number of aryl methyl sites for hydroxylation is 2. The van der Waals surface area contributed by atoms with Gasteiger partial charge in [0.15, 0.2) is 0 Å². The van der Waals surface area contributed by atoms with E-state index in [9.17, 15) is 22.8 Å². The molecule has 0 spiro atoms. The number of rotatable bonds is 15. The van der Waals surface area contributed by atoms with E-state index >= 15 is 0 Å². The molecule has 5 atom stereocenters. The Bertz CT molecular complexity index is 2000. The lowest BCUT2D eigenvalue weighted by Gasteiger charge is -2.23. The largest absolute Gasteiger partial charge is 0.496 e. The molecule has 0 radical (unpaired) electrons. The molecule has 2 heterocycles. The second-order valence-electron chi connectivity index (χ2n) is 14.9. The number of hydrogen-bond donors (Lipinski definition) is 2. The Labute approximate surface area is 312 Å². The fourth-order valence-electron chi connectivity index (χ4n) is 7.87. The summed E-state index contributed by atoms with van der Waals surface area (Å²) in [5.74, 6) is -1.26. The summed E-state index contributed by atoms with van der Waals surface area (Å²) in [5.41, 5.74) is 9.66. The molecule has 3 N–H and O–H groups in total. The van der Waals surface area contributed by atoms with E-state index < -0.39 is 39.1 Å². The average Bonchev–Trinajstić information content (AvgIpc) is 3.76. The minimum atomic E-state index is -3.55. The van der Waals surface area contributed by atoms with Gasteiger partial charge in [0.25, 0.3) is 0 Å². The maximum absolute atomic E-state index is 13.7. The summed E-state index contributed by atoms with van der Waals surface area (Å²) in [5, 5.41) is 0.375. The first-order chi connectivity index (χ1) is 25.4. The second kappa shape index (κ2) is 16.2. The third kappa shape index (κ3) is 8.83. The molecule has 6 rings (SSSR count). The molecule has 0 saturated heterocycles. The van der Waals surface area contributed by atoms with Crippen LogP contribution in [0.4, 0.5) is 0 Å². The highest BCUT2D eigenvalue weighted by atomic mass is 32.2. The van der Waals surface area contributed by atoms with E-state index in [0.29, 0.717) is 61.5 Å². The Kier molecular flexibility index (Phi) is 11.7. The maximum Gasteiger partial charge on any atom is 0.237 e. The minimum Gasteiger partial charge on any atom is -0.496 e. The number of ether oxygens (including phenoxy) is 2. The maximum atomic E-state index is 13.7. The molecule has 284 valence electrons. The number of allylic oxidation sites excluding steroid dienone is 2. The lowest BCUT2D eigenvalue weighted by atomic mass is 9.94. The van der Waals surface area contributed by atoms with Crippen molar-refractivity contribution < 1.29 is 32.3 Å². The number of carbonyl (C=O) groups is 3. The highest BCUT2D eigenvalue weighted by Crippen LogP contribution is 2.40. The molecule has 3 aromatic rings. The highest BCUT2D eigenvalue weighted by Gasteiger charge is 2.44. The monoisotopic (exact) mass is 745 g/mol. The number of carbonyl (C=O) groups excluding carboxylic acids is 3. The zero-order valence-corrected chi connectivity index (χ0v) is 31.9. The van der Waals surface area contributed by atoms with E-state index in [2.05, 4.69) is 21.9 Å². The van der Waals surface area contributed by atoms with Crippen LogP contribution in [0.1, 0.15) is 75.5 Å². The number of amides is 3. The molecule has 2 aromatic heterocycles. The molecule has 1 aromatic carbocycles. The van der Waals surface area contributed by atoms with Crippen LogP contribution in [0.15, 0.2) is 48.6 Å². The van der Waals surface area contributed by atoms with Gasteiger partial charge in [-0.15, -0.1) is 0 Å². The smallest absolute Gasteiger partial charge is 0.237 e. The van der Waals surface area contributed by atoms with Gasteiger partial charge in [0.1, 0.15) is 17.6 Å². The van der Waals surface area contributed by atoms with Gasteiger partial charge >= 0.3 is 0 Å². The van der Waals surface area contributed by atoms with E-state index in [1.165, 1.54) is 0 Å². The molecule has 3 saturated carbocycles. The topological polar surface area (TPSA) is 171 Å². The average molecular weight is 746 g/mol. The molecule has 53 heavy (non-hydrogen) atoms. The second-order valence-corrected chi connectivity index (χ2v) is 16.8. The normalized spacial score (nSPS) is 23.0. The number of primary amides is 1. The predicted octanol–water partition coefficient (Wildman–Crippen LogP) is 5.39. The summed E-state index contributed by atoms with van der Waals surface area (Å²) in [6.07, 6.45) is 10.4. The highest BCUT2D eigenvalue weighted by molar-refractivity contribution is 7.90. The molecule has 3 aliphatic carbocycles. The SMILES string of the molecule is COc1ccc2c(O[C@@H]3C[C@@H](C(N)=O)[C@H](C(=O)N(C)CCCC/C=C\[C@@H]4CCCC4C(=O)NS(=O)(=O)C4CC4)C3)cc(-c3cccc(C)n3)nc2c1C. The summed E-state index contributed by atoms with van der Waals surface area (Å²) >= 11 is 0. The Morgan fingerprint density at radius 2 is 1.74 bits per heavy atom. The van der Waals surface area contributed by atoms with Crippen LogP contribution in [0, 0.1) is 37.5 Å². The van der Waals surface area contributed by atoms with Crippen molar-refractivity contribution in [3.63, 3.8) is 0 Å². The van der Waals surface area contributed by atoms with E-state index in [0.717, 1.165) is 54.3 Å². The van der Waals surface area contributed by atoms with E-state index in [1.54, 1.807) is 19.1 Å². The number of benzene rings is 1. The summed E-state index contributed by atoms with van der Waals surface area (Å²) in [6, 6.07) is 11.4. The molecule has 3 amide bonds. The molecule has 3 aliphatic rings. The van der Waals surface area contributed by atoms with Crippen LogP contribution in [0.2, 0.25) is 0 Å². The van der Waals surface area contributed by atoms with E-state index in [4.69, 9.17) is 20.2 Å². The molecule has 12 nitrogen and oxygen atoms in total. The zero-order chi connectivity index (χ0) is 37.9. The third-order valence-corrected chi connectivity index (χ3v) is 12.8. The summed E-state index contributed by atoms with van der Waals surface area (Å²) in [7, 11) is -0.168. The van der Waals surface area contributed by atoms with Crippen molar-refractivity contribution >= 4 is 38.6 Å². The van der Waals surface area contributed by atoms with Gasteiger partial charge in [-0.3, -0.25) is 24.1 Å². The lowest BCUT2D eigenvalue weighted by molar-refractivity contribution is -0.139. The van der Waals surface area contributed by atoms with Crippen molar-refractivity contribution in [1.29, 1.82) is 0 Å². The van der Waals surface area contributed by atoms with Gasteiger partial charge in [-0.05, 0) is 102 Å². The first-order valence-electron chi connectivity index (χ1n) is 18.7. The number of methoxy groups -OCH3 is 1. The number of nitrogens with two attached hydrogens (primary N) is 1. The number of sulfonamides is 1. The number of nitrogens with zero attached hydrogens (tertiary/aromatic N) is 3. The number of aromatic nitrogens is 2. The molecule has 3 fully saturated rings. The number of nitrogens with one attached hydrogen (secondary N) is 1. The van der Waals surface area contributed by atoms with Crippen LogP contribution in [-0.2, 0) is 24.4 Å². The summed E-state index contributed by atoms with van der Waals surface area (Å²) < 4.78 is 39.0. The Balaban J connectivity index is 1.06. The van der Waals surface area contributed by atoms with Gasteiger partial charge in [0.05, 0.1) is 41.1 Å². The van der Waals surface area contributed by atoms with Crippen LogP contribution in [0.25, 0.3) is 22.3 Å². The quantitative estimate of drug-likeness (QED) is 0.153. The van der Waals surface area contributed by atoms with Crippen molar-refractivity contribution in [3.8, 4) is 22.9 Å². The standard InChI is InChI=1S/C40H51N5O7S/c1-24-11-9-15-33(42-24)34-23-36(30-18-19-35(51-4)25(2)37(30)43-34)52-27-21-31(38(41)46)32(22-27)40(48)45(3)20-8-6-5-7-12-26-13-10-14-29(26)39(47)44-53(49,50)28-16-17-28/h7,9,11-12,15,18-19,23,26-29,31-32H,5-6,8,10,13-14,16-17,20-22H2,1-4H3,(H2,41,46)(H,44,47)/b12-7-/t26-,27-,29?,31-,32-/m1/s1. The number of pyridine rings is 2. The molecular weight excluding hydrogens is 695 g/mol. The van der Waals surface area contributed by atoms with Crippen LogP contribution in [-0.4, -0.2) is 73.1 Å². The molecular formula is C40H51N5O7S. The van der Waals surface area contributed by atoms with Gasteiger partial charge in [0, 0.05) is 42.2 Å². The fraction of sp³-hybridized carbons (Fsp3) is 0.525. The Morgan fingerprint density at radius 3 is 2.45 bits per heavy atom. The zero-order valence-electron chi connectivity index (χ0n) is 31.0. The third-order valence-electron chi connectivity index (χ3n) is 11.0. The molecule has 1 unspecified atom stereocenters. The fourth-order valence-corrected chi connectivity index (χ4v) is 9.22. The van der Waals surface area contributed by atoms with E-state index in [-0.39, 0.29) is 23.7 Å². The van der Waals surface area contributed by atoms with Crippen LogP contribution in [0.5, 0.6) is 11.5 Å². The number of fused-ring (bicyclic) bond motifs is 1. The van der Waals surface area contributed by atoms with Crippen molar-refractivity contribution in [2.75, 3.05) is 20.7 Å². The molecule has 0 aliphatic heterocycles. The van der Waals surface area contributed by atoms with Crippen LogP contribution < -0.4 is 19.9 Å². The van der Waals surface area contributed by atoms with Gasteiger partial charge in [-0.25, -0.2) is 13.4 Å². The lowest BCUT2D eigenvalue weighted by Crippen LogP contribution is -2.39. The Hall–Kier alpha value is -4.52. The first-order valence-corrected chi connectivity index (χ1v) is 20.3. The molecule has 0 bridgehead atoms. The first kappa shape index (κ1) is 38.2.